The first-order valence-electron chi connectivity index (χ1n) is 6.70. The van der Waals surface area contributed by atoms with Crippen molar-refractivity contribution in [1.29, 1.82) is 0 Å². The fourth-order valence-corrected chi connectivity index (χ4v) is 1.70. The van der Waals surface area contributed by atoms with Gasteiger partial charge in [0.25, 0.3) is 5.95 Å². The second-order valence-electron chi connectivity index (χ2n) is 4.04. The maximum atomic E-state index is 5.11. The van der Waals surface area contributed by atoms with Crippen LogP contribution in [0.5, 0.6) is 6.01 Å². The van der Waals surface area contributed by atoms with Crippen molar-refractivity contribution in [2.45, 2.75) is 33.6 Å². The number of aromatic nitrogens is 6. The average Bonchev–Trinajstić information content (AvgIpc) is 2.90. The Kier molecular flexibility index (Phi) is 4.44. The van der Waals surface area contributed by atoms with Crippen LogP contribution in [-0.4, -0.2) is 43.4 Å². The summed E-state index contributed by atoms with van der Waals surface area (Å²) >= 11 is 0. The summed E-state index contributed by atoms with van der Waals surface area (Å²) in [6, 6.07) is 0.251. The molecule has 0 aliphatic rings. The molecule has 0 radical (unpaired) electrons. The molecule has 8 heteroatoms. The van der Waals surface area contributed by atoms with Gasteiger partial charge in [0.05, 0.1) is 7.11 Å². The Balaban J connectivity index is 2.50. The lowest BCUT2D eigenvalue weighted by Gasteiger charge is -2.07. The van der Waals surface area contributed by atoms with Gasteiger partial charge in [0.2, 0.25) is 5.95 Å². The molecule has 0 amide bonds. The second-order valence-corrected chi connectivity index (χ2v) is 4.04. The van der Waals surface area contributed by atoms with Crippen molar-refractivity contribution in [3.05, 3.63) is 11.6 Å². The number of methoxy groups -OCH3 is 1. The molecule has 20 heavy (non-hydrogen) atoms. The van der Waals surface area contributed by atoms with Crippen LogP contribution in [0, 0.1) is 0 Å². The lowest BCUT2D eigenvalue weighted by atomic mass is 10.4. The summed E-state index contributed by atoms with van der Waals surface area (Å²) < 4.78 is 6.75. The summed E-state index contributed by atoms with van der Waals surface area (Å²) in [5.74, 6) is 2.46. The average molecular weight is 277 g/mol. The molecule has 2 aromatic rings. The van der Waals surface area contributed by atoms with Crippen molar-refractivity contribution in [3.8, 4) is 12.0 Å². The Morgan fingerprint density at radius 1 is 1.05 bits per heavy atom. The molecule has 0 fully saturated rings. The summed E-state index contributed by atoms with van der Waals surface area (Å²) in [6.07, 6.45) is 1.51. The Morgan fingerprint density at radius 2 is 1.85 bits per heavy atom. The maximum Gasteiger partial charge on any atom is 0.322 e. The third-order valence-electron chi connectivity index (χ3n) is 2.66. The van der Waals surface area contributed by atoms with Crippen LogP contribution < -0.4 is 10.1 Å². The highest BCUT2D eigenvalue weighted by Crippen LogP contribution is 2.12. The number of anilines is 1. The summed E-state index contributed by atoms with van der Waals surface area (Å²) in [5.41, 5.74) is 0. The van der Waals surface area contributed by atoms with E-state index in [0.29, 0.717) is 18.4 Å². The normalized spacial score (nSPS) is 10.6. The van der Waals surface area contributed by atoms with Crippen LogP contribution in [0.2, 0.25) is 0 Å². The molecule has 0 saturated carbocycles. The zero-order valence-electron chi connectivity index (χ0n) is 12.2. The minimum atomic E-state index is 0.251. The van der Waals surface area contributed by atoms with Crippen molar-refractivity contribution in [3.63, 3.8) is 0 Å². The Morgan fingerprint density at radius 3 is 2.45 bits per heavy atom. The number of nitrogens with zero attached hydrogens (tertiary/aromatic N) is 6. The van der Waals surface area contributed by atoms with E-state index in [4.69, 9.17) is 4.74 Å². The molecule has 108 valence electrons. The highest BCUT2D eigenvalue weighted by Gasteiger charge is 2.14. The monoisotopic (exact) mass is 277 g/mol. The van der Waals surface area contributed by atoms with Crippen molar-refractivity contribution in [2.24, 2.45) is 0 Å². The zero-order valence-corrected chi connectivity index (χ0v) is 12.2. The first-order chi connectivity index (χ1) is 9.71. The van der Waals surface area contributed by atoms with E-state index in [1.165, 1.54) is 7.11 Å². The predicted octanol–water partition coefficient (Wildman–Crippen LogP) is 1.02. The topological polar surface area (TPSA) is 90.6 Å². The third-order valence-corrected chi connectivity index (χ3v) is 2.66. The minimum Gasteiger partial charge on any atom is -0.467 e. The van der Waals surface area contributed by atoms with Gasteiger partial charge in [-0.25, -0.2) is 4.98 Å². The molecule has 0 saturated heterocycles. The first kappa shape index (κ1) is 14.2. The number of rotatable bonds is 6. The Bertz CT molecular complexity index is 581. The molecule has 0 bridgehead atoms. The van der Waals surface area contributed by atoms with Crippen molar-refractivity contribution >= 4 is 5.95 Å². The van der Waals surface area contributed by atoms with Crippen LogP contribution >= 0.6 is 0 Å². The molecule has 0 aliphatic heterocycles. The van der Waals surface area contributed by atoms with E-state index in [1.807, 2.05) is 20.8 Å². The summed E-state index contributed by atoms with van der Waals surface area (Å²) in [4.78, 5) is 17.2. The molecule has 0 atom stereocenters. The summed E-state index contributed by atoms with van der Waals surface area (Å²) in [7, 11) is 1.52. The molecule has 0 aliphatic carbocycles. The van der Waals surface area contributed by atoms with E-state index in [1.54, 1.807) is 4.68 Å². The van der Waals surface area contributed by atoms with Crippen LogP contribution in [0.25, 0.3) is 5.95 Å². The molecule has 2 aromatic heterocycles. The lowest BCUT2D eigenvalue weighted by molar-refractivity contribution is 0.377. The molecule has 2 rings (SSSR count). The predicted molar refractivity (Wildman–Crippen MR) is 74.2 cm³/mol. The smallest absolute Gasteiger partial charge is 0.322 e. The van der Waals surface area contributed by atoms with Crippen LogP contribution in [0.3, 0.4) is 0 Å². The summed E-state index contributed by atoms with van der Waals surface area (Å²) in [5, 5.41) is 7.46. The molecule has 0 unspecified atom stereocenters. The Hall–Kier alpha value is -2.25. The minimum absolute atomic E-state index is 0.251. The van der Waals surface area contributed by atoms with Crippen molar-refractivity contribution in [1.82, 2.24) is 29.7 Å². The van der Waals surface area contributed by atoms with Gasteiger partial charge in [0.1, 0.15) is 5.82 Å². The van der Waals surface area contributed by atoms with E-state index < -0.39 is 0 Å². The van der Waals surface area contributed by atoms with E-state index in [9.17, 15) is 0 Å². The fraction of sp³-hybridized carbons (Fsp3) is 0.583. The van der Waals surface area contributed by atoms with Crippen LogP contribution in [0.4, 0.5) is 5.95 Å². The molecular formula is C12H19N7O. The van der Waals surface area contributed by atoms with Gasteiger partial charge < -0.3 is 10.1 Å². The molecule has 1 N–H and O–H groups in total. The standard InChI is InChI=1S/C12H19N7O/c1-5-8-14-9(6-2)19(18-8)11-15-10(13-7-3)16-12(17-11)20-4/h5-7H2,1-4H3,(H,13,15,16,17). The molecular weight excluding hydrogens is 258 g/mol. The summed E-state index contributed by atoms with van der Waals surface area (Å²) in [6.45, 7) is 6.71. The van der Waals surface area contributed by atoms with E-state index in [-0.39, 0.29) is 6.01 Å². The molecule has 0 aromatic carbocycles. The van der Waals surface area contributed by atoms with Gasteiger partial charge >= 0.3 is 6.01 Å². The molecule has 8 nitrogen and oxygen atoms in total. The SMILES string of the molecule is CCNc1nc(OC)nc(-n2nc(CC)nc2CC)n1. The Labute approximate surface area is 117 Å². The van der Waals surface area contributed by atoms with Gasteiger partial charge in [-0.05, 0) is 6.92 Å². The van der Waals surface area contributed by atoms with E-state index in [2.05, 4.69) is 30.4 Å². The highest BCUT2D eigenvalue weighted by molar-refractivity contribution is 5.30. The van der Waals surface area contributed by atoms with Crippen LogP contribution in [0.15, 0.2) is 0 Å². The van der Waals surface area contributed by atoms with Gasteiger partial charge in [0, 0.05) is 19.4 Å². The molecule has 0 spiro atoms. The van der Waals surface area contributed by atoms with Gasteiger partial charge in [-0.2, -0.15) is 19.6 Å². The number of hydrogen-bond donors (Lipinski definition) is 1. The van der Waals surface area contributed by atoms with Gasteiger partial charge in [-0.1, -0.05) is 13.8 Å². The van der Waals surface area contributed by atoms with Crippen molar-refractivity contribution < 1.29 is 4.74 Å². The third kappa shape index (κ3) is 2.84. The maximum absolute atomic E-state index is 5.11. The largest absolute Gasteiger partial charge is 0.467 e. The molecule has 2 heterocycles. The quantitative estimate of drug-likeness (QED) is 0.842. The van der Waals surface area contributed by atoms with Gasteiger partial charge in [-0.3, -0.25) is 0 Å². The number of hydrogen-bond acceptors (Lipinski definition) is 7. The van der Waals surface area contributed by atoms with Crippen LogP contribution in [0.1, 0.15) is 32.4 Å². The van der Waals surface area contributed by atoms with E-state index in [0.717, 1.165) is 24.5 Å². The first-order valence-corrected chi connectivity index (χ1v) is 6.70. The van der Waals surface area contributed by atoms with Gasteiger partial charge in [-0.15, -0.1) is 5.10 Å². The zero-order chi connectivity index (χ0) is 14.5. The lowest BCUT2D eigenvalue weighted by Crippen LogP contribution is -2.12. The number of ether oxygens (including phenoxy) is 1. The number of nitrogens with one attached hydrogen (secondary N) is 1. The number of aryl methyl sites for hydroxylation is 2. The second kappa shape index (κ2) is 6.27. The van der Waals surface area contributed by atoms with E-state index >= 15 is 0 Å². The fourth-order valence-electron chi connectivity index (χ4n) is 1.70. The van der Waals surface area contributed by atoms with Crippen molar-refractivity contribution in [2.75, 3.05) is 19.0 Å². The van der Waals surface area contributed by atoms with Crippen LogP contribution in [-0.2, 0) is 12.8 Å². The van der Waals surface area contributed by atoms with Gasteiger partial charge in [0.15, 0.2) is 5.82 Å². The highest BCUT2D eigenvalue weighted by atomic mass is 16.5.